The molecular weight excluding hydrogens is 174 g/mol. The van der Waals surface area contributed by atoms with Crippen LogP contribution in [0.1, 0.15) is 32.1 Å². The lowest BCUT2D eigenvalue weighted by Gasteiger charge is -2.28. The Balaban J connectivity index is 1.57. The first kappa shape index (κ1) is 9.17. The number of hydrogen-bond acceptors (Lipinski definition) is 2. The molecule has 2 N–H and O–H groups in total. The highest BCUT2D eigenvalue weighted by atomic mass is 16.5. The van der Waals surface area contributed by atoms with Crippen molar-refractivity contribution in [2.24, 2.45) is 29.4 Å². The standard InChI is InChI=1S/C12H21NO/c13-12(8-4-6-14-7-5-8)11-9-2-1-3-10(9)11/h8-12H,1-7,13H2. The predicted molar refractivity (Wildman–Crippen MR) is 55.8 cm³/mol. The number of nitrogens with two attached hydrogens (primary N) is 1. The highest BCUT2D eigenvalue weighted by Crippen LogP contribution is 2.59. The number of rotatable bonds is 2. The molecule has 3 fully saturated rings. The quantitative estimate of drug-likeness (QED) is 0.729. The lowest BCUT2D eigenvalue weighted by atomic mass is 9.87. The highest BCUT2D eigenvalue weighted by molar-refractivity contribution is 5.06. The third kappa shape index (κ3) is 1.40. The van der Waals surface area contributed by atoms with Crippen molar-refractivity contribution in [1.82, 2.24) is 0 Å². The van der Waals surface area contributed by atoms with Crippen LogP contribution in [0.3, 0.4) is 0 Å². The van der Waals surface area contributed by atoms with Gasteiger partial charge in [0.1, 0.15) is 0 Å². The van der Waals surface area contributed by atoms with Crippen LogP contribution in [0, 0.1) is 23.7 Å². The van der Waals surface area contributed by atoms with Crippen molar-refractivity contribution < 1.29 is 4.74 Å². The van der Waals surface area contributed by atoms with Gasteiger partial charge in [0, 0.05) is 19.3 Å². The Hall–Kier alpha value is -0.0800. The number of hydrogen-bond donors (Lipinski definition) is 1. The summed E-state index contributed by atoms with van der Waals surface area (Å²) in [5.74, 6) is 3.70. The van der Waals surface area contributed by atoms with E-state index in [1.807, 2.05) is 0 Å². The van der Waals surface area contributed by atoms with Crippen molar-refractivity contribution in [3.8, 4) is 0 Å². The second kappa shape index (κ2) is 3.49. The molecule has 0 amide bonds. The summed E-state index contributed by atoms with van der Waals surface area (Å²) in [4.78, 5) is 0. The summed E-state index contributed by atoms with van der Waals surface area (Å²) in [5.41, 5.74) is 6.39. The van der Waals surface area contributed by atoms with Gasteiger partial charge in [-0.1, -0.05) is 6.42 Å². The summed E-state index contributed by atoms with van der Waals surface area (Å²) in [7, 11) is 0. The van der Waals surface area contributed by atoms with Crippen LogP contribution in [0.15, 0.2) is 0 Å². The van der Waals surface area contributed by atoms with Crippen LogP contribution in [-0.2, 0) is 4.74 Å². The third-order valence-electron chi connectivity index (χ3n) is 4.73. The second-order valence-electron chi connectivity index (χ2n) is 5.36. The van der Waals surface area contributed by atoms with E-state index in [9.17, 15) is 0 Å². The van der Waals surface area contributed by atoms with Crippen LogP contribution in [-0.4, -0.2) is 19.3 Å². The van der Waals surface area contributed by atoms with Crippen LogP contribution in [0.5, 0.6) is 0 Å². The molecule has 3 aliphatic rings. The maximum atomic E-state index is 6.39. The smallest absolute Gasteiger partial charge is 0.0469 e. The predicted octanol–water partition coefficient (Wildman–Crippen LogP) is 1.79. The van der Waals surface area contributed by atoms with E-state index in [-0.39, 0.29) is 0 Å². The van der Waals surface area contributed by atoms with Crippen LogP contribution in [0.25, 0.3) is 0 Å². The fourth-order valence-electron chi connectivity index (χ4n) is 3.86. The molecule has 0 aromatic heterocycles. The molecule has 0 aromatic carbocycles. The minimum Gasteiger partial charge on any atom is -0.381 e. The topological polar surface area (TPSA) is 35.2 Å². The molecule has 2 nitrogen and oxygen atoms in total. The van der Waals surface area contributed by atoms with Gasteiger partial charge in [-0.05, 0) is 49.4 Å². The molecule has 0 bridgehead atoms. The molecule has 80 valence electrons. The lowest BCUT2D eigenvalue weighted by molar-refractivity contribution is 0.0544. The summed E-state index contributed by atoms with van der Waals surface area (Å²) in [6.45, 7) is 1.89. The van der Waals surface area contributed by atoms with Crippen molar-refractivity contribution in [2.75, 3.05) is 13.2 Å². The number of fused-ring (bicyclic) bond motifs is 1. The van der Waals surface area contributed by atoms with Gasteiger partial charge in [0.25, 0.3) is 0 Å². The van der Waals surface area contributed by atoms with Gasteiger partial charge in [0.2, 0.25) is 0 Å². The zero-order valence-corrected chi connectivity index (χ0v) is 8.82. The Kier molecular flexibility index (Phi) is 2.29. The fraction of sp³-hybridized carbons (Fsp3) is 1.00. The zero-order valence-electron chi connectivity index (χ0n) is 8.82. The minimum absolute atomic E-state index is 0.495. The first-order chi connectivity index (χ1) is 6.88. The molecule has 0 aromatic rings. The van der Waals surface area contributed by atoms with Crippen molar-refractivity contribution in [2.45, 2.75) is 38.1 Å². The summed E-state index contributed by atoms with van der Waals surface area (Å²) in [6, 6.07) is 0.495. The molecule has 3 rings (SSSR count). The lowest BCUT2D eigenvalue weighted by Crippen LogP contribution is -2.37. The molecule has 1 saturated heterocycles. The van der Waals surface area contributed by atoms with Gasteiger partial charge in [-0.15, -0.1) is 0 Å². The van der Waals surface area contributed by atoms with E-state index in [0.29, 0.717) is 6.04 Å². The normalized spacial score (nSPS) is 44.8. The third-order valence-corrected chi connectivity index (χ3v) is 4.73. The van der Waals surface area contributed by atoms with Gasteiger partial charge in [-0.25, -0.2) is 0 Å². The molecule has 14 heavy (non-hydrogen) atoms. The van der Waals surface area contributed by atoms with Gasteiger partial charge < -0.3 is 10.5 Å². The van der Waals surface area contributed by atoms with Gasteiger partial charge >= 0.3 is 0 Å². The SMILES string of the molecule is NC(C1CCOCC1)C1C2CCCC21. The Morgan fingerprint density at radius 1 is 1.00 bits per heavy atom. The first-order valence-electron chi connectivity index (χ1n) is 6.21. The van der Waals surface area contributed by atoms with Crippen molar-refractivity contribution in [3.63, 3.8) is 0 Å². The molecule has 1 aliphatic heterocycles. The Morgan fingerprint density at radius 3 is 2.29 bits per heavy atom. The fourth-order valence-corrected chi connectivity index (χ4v) is 3.86. The molecule has 2 heteroatoms. The minimum atomic E-state index is 0.495. The van der Waals surface area contributed by atoms with Crippen molar-refractivity contribution in [1.29, 1.82) is 0 Å². The molecule has 0 spiro atoms. The largest absolute Gasteiger partial charge is 0.381 e. The van der Waals surface area contributed by atoms with E-state index in [0.717, 1.165) is 36.9 Å². The summed E-state index contributed by atoms with van der Waals surface area (Å²) >= 11 is 0. The van der Waals surface area contributed by atoms with E-state index in [2.05, 4.69) is 0 Å². The van der Waals surface area contributed by atoms with E-state index >= 15 is 0 Å². The molecule has 3 unspecified atom stereocenters. The molecule has 2 aliphatic carbocycles. The van der Waals surface area contributed by atoms with Crippen LogP contribution in [0.4, 0.5) is 0 Å². The average molecular weight is 195 g/mol. The number of ether oxygens (including phenoxy) is 1. The Morgan fingerprint density at radius 2 is 1.64 bits per heavy atom. The zero-order chi connectivity index (χ0) is 9.54. The maximum absolute atomic E-state index is 6.39. The summed E-state index contributed by atoms with van der Waals surface area (Å²) < 4.78 is 5.39. The molecule has 2 saturated carbocycles. The van der Waals surface area contributed by atoms with Crippen LogP contribution < -0.4 is 5.73 Å². The van der Waals surface area contributed by atoms with Crippen LogP contribution in [0.2, 0.25) is 0 Å². The Bertz CT molecular complexity index is 200. The summed E-state index contributed by atoms with van der Waals surface area (Å²) in [6.07, 6.45) is 6.80. The van der Waals surface area contributed by atoms with Crippen LogP contribution >= 0.6 is 0 Å². The maximum Gasteiger partial charge on any atom is 0.0469 e. The molecule has 3 atom stereocenters. The van der Waals surface area contributed by atoms with E-state index in [1.165, 1.54) is 32.1 Å². The van der Waals surface area contributed by atoms with Crippen molar-refractivity contribution in [3.05, 3.63) is 0 Å². The van der Waals surface area contributed by atoms with E-state index in [4.69, 9.17) is 10.5 Å². The van der Waals surface area contributed by atoms with E-state index in [1.54, 1.807) is 0 Å². The first-order valence-corrected chi connectivity index (χ1v) is 6.21. The second-order valence-corrected chi connectivity index (χ2v) is 5.36. The van der Waals surface area contributed by atoms with E-state index < -0.39 is 0 Å². The van der Waals surface area contributed by atoms with Gasteiger partial charge in [0.05, 0.1) is 0 Å². The highest BCUT2D eigenvalue weighted by Gasteiger charge is 2.56. The molecule has 0 radical (unpaired) electrons. The molecular formula is C12H21NO. The van der Waals surface area contributed by atoms with Gasteiger partial charge in [-0.3, -0.25) is 0 Å². The molecule has 1 heterocycles. The Labute approximate surface area is 86.2 Å². The monoisotopic (exact) mass is 195 g/mol. The van der Waals surface area contributed by atoms with Gasteiger partial charge in [-0.2, -0.15) is 0 Å². The van der Waals surface area contributed by atoms with Gasteiger partial charge in [0.15, 0.2) is 0 Å². The van der Waals surface area contributed by atoms with Crippen molar-refractivity contribution >= 4 is 0 Å². The summed E-state index contributed by atoms with van der Waals surface area (Å²) in [5, 5.41) is 0. The average Bonchev–Trinajstić information content (AvgIpc) is 2.72.